The minimum absolute atomic E-state index is 0.308. The van der Waals surface area contributed by atoms with E-state index in [-0.39, 0.29) is 18.3 Å². The molecule has 1 aromatic heterocycles. The summed E-state index contributed by atoms with van der Waals surface area (Å²) in [5, 5.41) is 0. The summed E-state index contributed by atoms with van der Waals surface area (Å²) in [4.78, 5) is 4.69. The van der Waals surface area contributed by atoms with Crippen LogP contribution >= 0.6 is 0 Å². The van der Waals surface area contributed by atoms with Gasteiger partial charge in [0.15, 0.2) is 0 Å². The molecule has 0 spiro atoms. The van der Waals surface area contributed by atoms with Gasteiger partial charge in [0.2, 0.25) is 0 Å². The van der Waals surface area contributed by atoms with Gasteiger partial charge in [-0.25, -0.2) is 0 Å². The minimum atomic E-state index is -0.318. The second-order valence-electron chi connectivity index (χ2n) is 7.17. The maximum absolute atomic E-state index is 6.15. The highest BCUT2D eigenvalue weighted by Crippen LogP contribution is 2.36. The van der Waals surface area contributed by atoms with Crippen molar-refractivity contribution >= 4 is 12.6 Å². The molecule has 1 fully saturated rings. The van der Waals surface area contributed by atoms with Gasteiger partial charge in [-0.2, -0.15) is 0 Å². The van der Waals surface area contributed by atoms with Crippen molar-refractivity contribution in [2.45, 2.75) is 66.1 Å². The zero-order valence-corrected chi connectivity index (χ0v) is 13.8. The molecule has 0 bridgehead atoms. The minimum Gasteiger partial charge on any atom is -0.399 e. The van der Waals surface area contributed by atoms with E-state index in [1.807, 2.05) is 13.0 Å². The Morgan fingerprint density at radius 2 is 1.65 bits per heavy atom. The molecule has 3 nitrogen and oxygen atoms in total. The summed E-state index contributed by atoms with van der Waals surface area (Å²) in [6.07, 6.45) is 0.946. The van der Waals surface area contributed by atoms with Crippen LogP contribution in [0.5, 0.6) is 0 Å². The highest BCUT2D eigenvalue weighted by atomic mass is 16.7. The van der Waals surface area contributed by atoms with Crippen molar-refractivity contribution < 1.29 is 9.31 Å². The lowest BCUT2D eigenvalue weighted by atomic mass is 9.76. The standard InChI is InChI=1S/C16H26BNO2/c1-11(2)10-14-13(9-8-12(3)18-14)17-19-15(4,5)16(6,7)20-17/h8-9,11H,10H2,1-7H3. The Bertz CT molecular complexity index is 481. The van der Waals surface area contributed by atoms with Crippen molar-refractivity contribution in [2.75, 3.05) is 0 Å². The zero-order valence-electron chi connectivity index (χ0n) is 13.8. The van der Waals surface area contributed by atoms with Gasteiger partial charge in [0.25, 0.3) is 0 Å². The molecule has 0 amide bonds. The molecule has 20 heavy (non-hydrogen) atoms. The van der Waals surface area contributed by atoms with Crippen LogP contribution in [0.1, 0.15) is 52.9 Å². The molecule has 1 saturated heterocycles. The van der Waals surface area contributed by atoms with Gasteiger partial charge in [-0.1, -0.05) is 19.9 Å². The third-order valence-electron chi connectivity index (χ3n) is 4.26. The molecule has 2 rings (SSSR count). The second kappa shape index (κ2) is 5.16. The van der Waals surface area contributed by atoms with Crippen LogP contribution in [-0.2, 0) is 15.7 Å². The van der Waals surface area contributed by atoms with Crippen molar-refractivity contribution in [3.63, 3.8) is 0 Å². The molecule has 0 N–H and O–H groups in total. The van der Waals surface area contributed by atoms with E-state index in [1.165, 1.54) is 0 Å². The van der Waals surface area contributed by atoms with Crippen LogP contribution in [0.25, 0.3) is 0 Å². The van der Waals surface area contributed by atoms with Gasteiger partial charge in [0, 0.05) is 16.9 Å². The first-order valence-electron chi connectivity index (χ1n) is 7.44. The summed E-state index contributed by atoms with van der Waals surface area (Å²) in [7, 11) is -0.318. The van der Waals surface area contributed by atoms with Crippen molar-refractivity contribution in [2.24, 2.45) is 5.92 Å². The average Bonchev–Trinajstić information content (AvgIpc) is 2.46. The number of aryl methyl sites for hydroxylation is 1. The van der Waals surface area contributed by atoms with E-state index in [0.29, 0.717) is 5.92 Å². The summed E-state index contributed by atoms with van der Waals surface area (Å²) in [6.45, 7) is 14.8. The maximum Gasteiger partial charge on any atom is 0.496 e. The van der Waals surface area contributed by atoms with Crippen molar-refractivity contribution in [3.05, 3.63) is 23.5 Å². The summed E-state index contributed by atoms with van der Waals surface area (Å²) in [6, 6.07) is 4.13. The largest absolute Gasteiger partial charge is 0.496 e. The smallest absolute Gasteiger partial charge is 0.399 e. The van der Waals surface area contributed by atoms with E-state index in [1.54, 1.807) is 0 Å². The van der Waals surface area contributed by atoms with Gasteiger partial charge in [-0.3, -0.25) is 4.98 Å². The van der Waals surface area contributed by atoms with Gasteiger partial charge < -0.3 is 9.31 Å². The number of aromatic nitrogens is 1. The van der Waals surface area contributed by atoms with Crippen LogP contribution in [0.3, 0.4) is 0 Å². The van der Waals surface area contributed by atoms with Gasteiger partial charge in [-0.15, -0.1) is 0 Å². The van der Waals surface area contributed by atoms with Gasteiger partial charge in [0.1, 0.15) is 0 Å². The summed E-state index contributed by atoms with van der Waals surface area (Å²) < 4.78 is 12.3. The molecular weight excluding hydrogens is 249 g/mol. The van der Waals surface area contributed by atoms with Crippen molar-refractivity contribution in [1.82, 2.24) is 4.98 Å². The SMILES string of the molecule is Cc1ccc(B2OC(C)(C)C(C)(C)O2)c(CC(C)C)n1. The molecule has 1 aliphatic heterocycles. The van der Waals surface area contributed by atoms with Crippen LogP contribution < -0.4 is 5.46 Å². The van der Waals surface area contributed by atoms with E-state index in [9.17, 15) is 0 Å². The highest BCUT2D eigenvalue weighted by Gasteiger charge is 2.52. The number of nitrogens with zero attached hydrogens (tertiary/aromatic N) is 1. The maximum atomic E-state index is 6.15. The first kappa shape index (κ1) is 15.5. The predicted molar refractivity (Wildman–Crippen MR) is 83.2 cm³/mol. The van der Waals surface area contributed by atoms with Crippen LogP contribution in [-0.4, -0.2) is 23.3 Å². The molecule has 2 heterocycles. The second-order valence-corrected chi connectivity index (χ2v) is 7.17. The Morgan fingerprint density at radius 1 is 1.10 bits per heavy atom. The van der Waals surface area contributed by atoms with Gasteiger partial charge in [-0.05, 0) is 53.0 Å². The van der Waals surface area contributed by atoms with Gasteiger partial charge >= 0.3 is 7.12 Å². The normalized spacial score (nSPS) is 20.7. The van der Waals surface area contributed by atoms with Crippen molar-refractivity contribution in [3.8, 4) is 0 Å². The monoisotopic (exact) mass is 275 g/mol. The molecule has 110 valence electrons. The topological polar surface area (TPSA) is 31.4 Å². The molecule has 0 aliphatic carbocycles. The van der Waals surface area contributed by atoms with E-state index in [4.69, 9.17) is 14.3 Å². The number of hydrogen-bond donors (Lipinski definition) is 0. The molecule has 0 atom stereocenters. The van der Waals surface area contributed by atoms with E-state index < -0.39 is 0 Å². The zero-order chi connectivity index (χ0) is 15.1. The van der Waals surface area contributed by atoms with Crippen LogP contribution in [0, 0.1) is 12.8 Å². The average molecular weight is 275 g/mol. The number of pyridine rings is 1. The number of rotatable bonds is 3. The predicted octanol–water partition coefficient (Wildman–Crippen LogP) is 2.89. The molecule has 0 unspecified atom stereocenters. The lowest BCUT2D eigenvalue weighted by Crippen LogP contribution is -2.41. The summed E-state index contributed by atoms with van der Waals surface area (Å²) in [5.41, 5.74) is 2.59. The third kappa shape index (κ3) is 2.91. The number of hydrogen-bond acceptors (Lipinski definition) is 3. The first-order chi connectivity index (χ1) is 9.12. The van der Waals surface area contributed by atoms with E-state index >= 15 is 0 Å². The molecule has 0 aromatic carbocycles. The van der Waals surface area contributed by atoms with Crippen LogP contribution in [0.15, 0.2) is 12.1 Å². The van der Waals surface area contributed by atoms with Gasteiger partial charge in [0.05, 0.1) is 11.2 Å². The Kier molecular flexibility index (Phi) is 4.00. The van der Waals surface area contributed by atoms with E-state index in [2.05, 4.69) is 47.6 Å². The summed E-state index contributed by atoms with van der Waals surface area (Å²) in [5.74, 6) is 0.561. The Labute approximate surface area is 123 Å². The molecule has 4 heteroatoms. The fourth-order valence-corrected chi connectivity index (χ4v) is 2.36. The molecular formula is C16H26BNO2. The van der Waals surface area contributed by atoms with E-state index in [0.717, 1.165) is 23.3 Å². The quantitative estimate of drug-likeness (QED) is 0.795. The fraction of sp³-hybridized carbons (Fsp3) is 0.688. The Hall–Kier alpha value is -0.865. The molecule has 0 radical (unpaired) electrons. The van der Waals surface area contributed by atoms with Crippen molar-refractivity contribution in [1.29, 1.82) is 0 Å². The highest BCUT2D eigenvalue weighted by molar-refractivity contribution is 6.62. The summed E-state index contributed by atoms with van der Waals surface area (Å²) >= 11 is 0. The first-order valence-corrected chi connectivity index (χ1v) is 7.44. The lowest BCUT2D eigenvalue weighted by molar-refractivity contribution is 0.00578. The lowest BCUT2D eigenvalue weighted by Gasteiger charge is -2.32. The molecule has 1 aliphatic rings. The molecule has 1 aromatic rings. The van der Waals surface area contributed by atoms with Crippen LogP contribution in [0.2, 0.25) is 0 Å². The fourth-order valence-electron chi connectivity index (χ4n) is 2.36. The Morgan fingerprint density at radius 3 is 2.15 bits per heavy atom. The third-order valence-corrected chi connectivity index (χ3v) is 4.26. The molecule has 0 saturated carbocycles. The Balaban J connectivity index is 2.34. The van der Waals surface area contributed by atoms with Crippen LogP contribution in [0.4, 0.5) is 0 Å².